The third-order valence-corrected chi connectivity index (χ3v) is 2.56. The molecule has 0 aromatic heterocycles. The number of rotatable bonds is 5. The van der Waals surface area contributed by atoms with E-state index in [0.717, 1.165) is 6.07 Å². The smallest absolute Gasteiger partial charge is 0.352 e. The van der Waals surface area contributed by atoms with Crippen molar-refractivity contribution >= 4 is 29.1 Å². The number of anilines is 1. The molecule has 8 heteroatoms. The quantitative estimate of drug-likeness (QED) is 0.647. The van der Waals surface area contributed by atoms with Gasteiger partial charge in [0.1, 0.15) is 6.42 Å². The monoisotopic (exact) mass is 320 g/mol. The Kier molecular flexibility index (Phi) is 5.78. The second-order valence-corrected chi connectivity index (χ2v) is 4.44. The van der Waals surface area contributed by atoms with E-state index in [-0.39, 0.29) is 11.6 Å². The first kappa shape index (κ1) is 17.0. The Morgan fingerprint density at radius 3 is 2.52 bits per heavy atom. The maximum absolute atomic E-state index is 12.8. The summed E-state index contributed by atoms with van der Waals surface area (Å²) in [6, 6.07) is 2.95. The summed E-state index contributed by atoms with van der Waals surface area (Å²) in [6.45, 7) is 3.54. The molecule has 4 nitrogen and oxygen atoms in total. The number of halogens is 4. The van der Waals surface area contributed by atoms with Gasteiger partial charge in [0, 0.05) is 11.6 Å². The molecule has 0 atom stereocenters. The first-order valence-corrected chi connectivity index (χ1v) is 6.16. The van der Waals surface area contributed by atoms with Gasteiger partial charge in [-0.2, -0.15) is 13.2 Å². The second-order valence-electron chi connectivity index (χ2n) is 4.01. The third kappa shape index (κ3) is 5.47. The third-order valence-electron chi connectivity index (χ3n) is 2.33. The summed E-state index contributed by atoms with van der Waals surface area (Å²) in [5, 5.41) is 4.28. The van der Waals surface area contributed by atoms with Crippen molar-refractivity contribution in [1.82, 2.24) is 5.32 Å². The van der Waals surface area contributed by atoms with Gasteiger partial charge in [0.25, 0.3) is 0 Å². The molecule has 0 spiro atoms. The minimum Gasteiger partial charge on any atom is -0.352 e. The van der Waals surface area contributed by atoms with Gasteiger partial charge < -0.3 is 10.6 Å². The zero-order chi connectivity index (χ0) is 16.0. The van der Waals surface area contributed by atoms with Crippen LogP contribution in [0.4, 0.5) is 18.9 Å². The van der Waals surface area contributed by atoms with Gasteiger partial charge in [-0.1, -0.05) is 17.7 Å². The normalized spacial score (nSPS) is 10.9. The fourth-order valence-corrected chi connectivity index (χ4v) is 1.62. The van der Waals surface area contributed by atoms with Crippen LogP contribution in [-0.2, 0) is 15.8 Å². The summed E-state index contributed by atoms with van der Waals surface area (Å²) >= 11 is 5.51. The Labute approximate surface area is 124 Å². The number of carbonyl (C=O) groups excluding carboxylic acids is 2. The van der Waals surface area contributed by atoms with Crippen molar-refractivity contribution in [1.29, 1.82) is 0 Å². The second kappa shape index (κ2) is 7.12. The van der Waals surface area contributed by atoms with Crippen LogP contribution in [0.25, 0.3) is 0 Å². The highest BCUT2D eigenvalue weighted by molar-refractivity contribution is 6.30. The summed E-state index contributed by atoms with van der Waals surface area (Å²) in [7, 11) is 0. The van der Waals surface area contributed by atoms with Crippen LogP contribution < -0.4 is 10.6 Å². The lowest BCUT2D eigenvalue weighted by molar-refractivity contribution is -0.137. The minimum absolute atomic E-state index is 0.107. The van der Waals surface area contributed by atoms with Gasteiger partial charge in [-0.3, -0.25) is 9.59 Å². The number of hydrogen-bond donors (Lipinski definition) is 2. The molecule has 0 radical (unpaired) electrons. The van der Waals surface area contributed by atoms with Gasteiger partial charge in [-0.05, 0) is 18.2 Å². The molecule has 0 bridgehead atoms. The van der Waals surface area contributed by atoms with Gasteiger partial charge in [-0.15, -0.1) is 6.58 Å². The molecular weight excluding hydrogens is 309 g/mol. The van der Waals surface area contributed by atoms with Crippen molar-refractivity contribution in [2.75, 3.05) is 11.9 Å². The average molecular weight is 321 g/mol. The lowest BCUT2D eigenvalue weighted by Gasteiger charge is -2.14. The number of alkyl halides is 3. The van der Waals surface area contributed by atoms with E-state index < -0.39 is 35.7 Å². The molecule has 2 amide bonds. The highest BCUT2D eigenvalue weighted by atomic mass is 35.5. The molecule has 1 rings (SSSR count). The van der Waals surface area contributed by atoms with Gasteiger partial charge in [0.2, 0.25) is 11.8 Å². The number of benzene rings is 1. The van der Waals surface area contributed by atoms with Crippen LogP contribution >= 0.6 is 11.6 Å². The molecule has 1 aromatic carbocycles. The van der Waals surface area contributed by atoms with Crippen molar-refractivity contribution in [3.63, 3.8) is 0 Å². The average Bonchev–Trinajstić information content (AvgIpc) is 2.37. The molecule has 0 fully saturated rings. The van der Waals surface area contributed by atoms with E-state index in [9.17, 15) is 22.8 Å². The van der Waals surface area contributed by atoms with Crippen LogP contribution in [0.5, 0.6) is 0 Å². The van der Waals surface area contributed by atoms with Crippen molar-refractivity contribution in [2.45, 2.75) is 12.6 Å². The van der Waals surface area contributed by atoms with Gasteiger partial charge in [0.05, 0.1) is 11.3 Å². The fraction of sp³-hybridized carbons (Fsp3) is 0.231. The molecule has 114 valence electrons. The first-order valence-electron chi connectivity index (χ1n) is 5.78. The lowest BCUT2D eigenvalue weighted by atomic mass is 10.1. The molecule has 0 saturated heterocycles. The first-order chi connectivity index (χ1) is 9.74. The Morgan fingerprint density at radius 1 is 1.29 bits per heavy atom. The Balaban J connectivity index is 2.81. The van der Waals surface area contributed by atoms with E-state index in [1.165, 1.54) is 12.1 Å². The molecule has 0 aliphatic rings. The zero-order valence-electron chi connectivity index (χ0n) is 10.8. The maximum Gasteiger partial charge on any atom is 0.418 e. The standard InChI is InChI=1S/C13H12ClF3N2O2/c1-2-5-18-11(20)7-12(21)19-10-4-3-8(14)6-9(10)13(15,16)17/h2-4,6H,1,5,7H2,(H,18,20)(H,19,21). The molecule has 0 aliphatic heterocycles. The molecule has 0 aliphatic carbocycles. The summed E-state index contributed by atoms with van der Waals surface area (Å²) in [4.78, 5) is 22.8. The predicted octanol–water partition coefficient (Wildman–Crippen LogP) is 2.99. The number of carbonyl (C=O) groups is 2. The number of nitrogens with one attached hydrogen (secondary N) is 2. The topological polar surface area (TPSA) is 58.2 Å². The molecule has 0 saturated carbocycles. The van der Waals surface area contributed by atoms with E-state index in [4.69, 9.17) is 11.6 Å². The zero-order valence-corrected chi connectivity index (χ0v) is 11.5. The lowest BCUT2D eigenvalue weighted by Crippen LogP contribution is -2.28. The van der Waals surface area contributed by atoms with E-state index in [1.807, 2.05) is 5.32 Å². The largest absolute Gasteiger partial charge is 0.418 e. The molecule has 1 aromatic rings. The molecule has 21 heavy (non-hydrogen) atoms. The minimum atomic E-state index is -4.67. The van der Waals surface area contributed by atoms with Crippen LogP contribution in [0.2, 0.25) is 5.02 Å². The van der Waals surface area contributed by atoms with Crippen LogP contribution in [0.1, 0.15) is 12.0 Å². The number of amides is 2. The van der Waals surface area contributed by atoms with E-state index in [0.29, 0.717) is 6.07 Å². The Bertz CT molecular complexity index is 559. The fourth-order valence-electron chi connectivity index (χ4n) is 1.45. The summed E-state index contributed by atoms with van der Waals surface area (Å²) in [5.41, 5.74) is -1.52. The Morgan fingerprint density at radius 2 is 1.95 bits per heavy atom. The highest BCUT2D eigenvalue weighted by Crippen LogP contribution is 2.36. The predicted molar refractivity (Wildman–Crippen MR) is 72.9 cm³/mol. The Hall–Kier alpha value is -2.02. The molecular formula is C13H12ClF3N2O2. The van der Waals surface area contributed by atoms with Crippen LogP contribution in [-0.4, -0.2) is 18.4 Å². The van der Waals surface area contributed by atoms with E-state index in [1.54, 1.807) is 0 Å². The van der Waals surface area contributed by atoms with Crippen molar-refractivity contribution < 1.29 is 22.8 Å². The van der Waals surface area contributed by atoms with Gasteiger partial charge in [0.15, 0.2) is 0 Å². The number of hydrogen-bond acceptors (Lipinski definition) is 2. The van der Waals surface area contributed by atoms with Gasteiger partial charge >= 0.3 is 6.18 Å². The van der Waals surface area contributed by atoms with Gasteiger partial charge in [-0.25, -0.2) is 0 Å². The van der Waals surface area contributed by atoms with E-state index in [2.05, 4.69) is 11.9 Å². The van der Waals surface area contributed by atoms with Crippen LogP contribution in [0, 0.1) is 0 Å². The summed E-state index contributed by atoms with van der Waals surface area (Å²) in [6.07, 6.45) is -3.84. The van der Waals surface area contributed by atoms with Crippen molar-refractivity contribution in [2.24, 2.45) is 0 Å². The molecule has 2 N–H and O–H groups in total. The summed E-state index contributed by atoms with van der Waals surface area (Å²) in [5.74, 6) is -1.47. The highest BCUT2D eigenvalue weighted by Gasteiger charge is 2.34. The van der Waals surface area contributed by atoms with Crippen molar-refractivity contribution in [3.8, 4) is 0 Å². The van der Waals surface area contributed by atoms with Crippen molar-refractivity contribution in [3.05, 3.63) is 41.4 Å². The van der Waals surface area contributed by atoms with Crippen LogP contribution in [0.3, 0.4) is 0 Å². The molecule has 0 heterocycles. The SMILES string of the molecule is C=CCNC(=O)CC(=O)Nc1ccc(Cl)cc1C(F)(F)F. The molecule has 0 unspecified atom stereocenters. The van der Waals surface area contributed by atoms with Crippen LogP contribution in [0.15, 0.2) is 30.9 Å². The maximum atomic E-state index is 12.8. The summed E-state index contributed by atoms with van der Waals surface area (Å²) < 4.78 is 38.4. The van der Waals surface area contributed by atoms with E-state index >= 15 is 0 Å².